The minimum Gasteiger partial charge on any atom is -0.509 e. The lowest BCUT2D eigenvalue weighted by atomic mass is 9.85. The lowest BCUT2D eigenvalue weighted by molar-refractivity contribution is -0.148. The third-order valence-corrected chi connectivity index (χ3v) is 4.45. The molecule has 2 fully saturated rings. The van der Waals surface area contributed by atoms with Crippen molar-refractivity contribution >= 4 is 19.2 Å². The molecular weight excluding hydrogens is 289 g/mol. The van der Waals surface area contributed by atoms with Crippen molar-refractivity contribution in [3.8, 4) is 5.75 Å². The Labute approximate surface area is 128 Å². The molecule has 1 aliphatic heterocycles. The molecule has 22 heavy (non-hydrogen) atoms. The van der Waals surface area contributed by atoms with Crippen LogP contribution in [0, 0.1) is 17.8 Å². The maximum Gasteiger partial charge on any atom is 0.707 e. The normalized spacial score (nSPS) is 26.7. The minimum atomic E-state index is -1.89. The predicted octanol–water partition coefficient (Wildman–Crippen LogP) is -0.540. The fraction of sp³-hybridized carbons (Fsp3) is 0.615. The number of carbonyl (C=O) groups is 1. The number of anilines is 1. The second-order valence-electron chi connectivity index (χ2n) is 5.71. The second-order valence-corrected chi connectivity index (χ2v) is 5.71. The Kier molecular flexibility index (Phi) is 4.17. The third kappa shape index (κ3) is 2.86. The molecule has 1 aromatic heterocycles. The van der Waals surface area contributed by atoms with E-state index < -0.39 is 7.32 Å². The molecule has 1 saturated carbocycles. The molecule has 0 amide bonds. The molecule has 8 nitrogen and oxygen atoms in total. The molecule has 1 unspecified atom stereocenters. The molecule has 0 aromatic carbocycles. The summed E-state index contributed by atoms with van der Waals surface area (Å²) in [5.41, 5.74) is 0. The molecule has 2 bridgehead atoms. The monoisotopic (exact) mass is 307 g/mol. The second kappa shape index (κ2) is 6.09. The van der Waals surface area contributed by atoms with E-state index in [9.17, 15) is 4.79 Å². The minimum absolute atomic E-state index is 0.0200. The van der Waals surface area contributed by atoms with Gasteiger partial charge in [-0.05, 0) is 24.7 Å². The molecule has 118 valence electrons. The Bertz CT molecular complexity index is 527. The number of esters is 1. The van der Waals surface area contributed by atoms with Crippen LogP contribution >= 0.6 is 0 Å². The van der Waals surface area contributed by atoms with Crippen molar-refractivity contribution < 1.29 is 24.2 Å². The Hall–Kier alpha value is -1.87. The first-order chi connectivity index (χ1) is 10.6. The molecule has 1 aromatic rings. The fourth-order valence-electron chi connectivity index (χ4n) is 3.56. The summed E-state index contributed by atoms with van der Waals surface area (Å²) >= 11 is 0. The fourth-order valence-corrected chi connectivity index (χ4v) is 3.56. The van der Waals surface area contributed by atoms with E-state index in [0.717, 1.165) is 25.9 Å². The number of piperidine rings is 1. The van der Waals surface area contributed by atoms with Crippen LogP contribution in [0.5, 0.6) is 5.75 Å². The zero-order valence-corrected chi connectivity index (χ0v) is 12.3. The number of carbonyl (C=O) groups excluding carboxylic acids is 1. The van der Waals surface area contributed by atoms with Crippen LogP contribution in [0.2, 0.25) is 0 Å². The first kappa shape index (κ1) is 15.0. The van der Waals surface area contributed by atoms with Gasteiger partial charge in [0.05, 0.1) is 25.4 Å². The van der Waals surface area contributed by atoms with Crippen molar-refractivity contribution in [2.75, 3.05) is 25.1 Å². The van der Waals surface area contributed by atoms with Crippen molar-refractivity contribution in [1.29, 1.82) is 0 Å². The molecule has 2 heterocycles. The van der Waals surface area contributed by atoms with Crippen molar-refractivity contribution in [3.63, 3.8) is 0 Å². The van der Waals surface area contributed by atoms with E-state index in [-0.39, 0.29) is 29.5 Å². The maximum atomic E-state index is 11.9. The smallest absolute Gasteiger partial charge is 0.509 e. The van der Waals surface area contributed by atoms with E-state index in [2.05, 4.69) is 19.5 Å². The van der Waals surface area contributed by atoms with Crippen LogP contribution in [-0.2, 0) is 9.53 Å². The predicted molar refractivity (Wildman–Crippen MR) is 76.8 cm³/mol. The van der Waals surface area contributed by atoms with Crippen LogP contribution < -0.4 is 9.55 Å². The number of methoxy groups -OCH3 is 1. The molecule has 2 N–H and O–H groups in total. The molecule has 3 atom stereocenters. The molecule has 1 aliphatic carbocycles. The summed E-state index contributed by atoms with van der Waals surface area (Å²) in [7, 11) is -0.452. The molecule has 0 radical (unpaired) electrons. The SMILES string of the molecule is COC(=O)C1[C@@H]2CC[C@H]1CN(c1ncc(OB(O)O)cn1)C2. The summed E-state index contributed by atoms with van der Waals surface area (Å²) in [6.45, 7) is 1.44. The van der Waals surface area contributed by atoms with Gasteiger partial charge in [-0.25, -0.2) is 9.97 Å². The average Bonchev–Trinajstić information content (AvgIpc) is 2.76. The molecule has 2 aliphatic rings. The Morgan fingerprint density at radius 3 is 2.36 bits per heavy atom. The van der Waals surface area contributed by atoms with Gasteiger partial charge in [-0.15, -0.1) is 0 Å². The van der Waals surface area contributed by atoms with E-state index in [4.69, 9.17) is 14.8 Å². The lowest BCUT2D eigenvalue weighted by Gasteiger charge is -2.36. The lowest BCUT2D eigenvalue weighted by Crippen LogP contribution is -2.45. The molecule has 9 heteroatoms. The summed E-state index contributed by atoms with van der Waals surface area (Å²) in [4.78, 5) is 22.3. The highest BCUT2D eigenvalue weighted by Crippen LogP contribution is 2.43. The van der Waals surface area contributed by atoms with Gasteiger partial charge >= 0.3 is 13.3 Å². The highest BCUT2D eigenvalue weighted by Gasteiger charge is 2.46. The number of hydrogen-bond acceptors (Lipinski definition) is 8. The van der Waals surface area contributed by atoms with Gasteiger partial charge < -0.3 is 24.3 Å². The summed E-state index contributed by atoms with van der Waals surface area (Å²) in [6, 6.07) is 0. The Morgan fingerprint density at radius 2 is 1.86 bits per heavy atom. The van der Waals surface area contributed by atoms with Crippen molar-refractivity contribution in [2.45, 2.75) is 12.8 Å². The van der Waals surface area contributed by atoms with Crippen LogP contribution in [0.3, 0.4) is 0 Å². The summed E-state index contributed by atoms with van der Waals surface area (Å²) < 4.78 is 9.59. The van der Waals surface area contributed by atoms with Gasteiger partial charge in [-0.3, -0.25) is 4.79 Å². The quantitative estimate of drug-likeness (QED) is 0.564. The van der Waals surface area contributed by atoms with E-state index in [1.165, 1.54) is 19.5 Å². The Morgan fingerprint density at radius 1 is 1.27 bits per heavy atom. The van der Waals surface area contributed by atoms with Gasteiger partial charge in [-0.1, -0.05) is 0 Å². The van der Waals surface area contributed by atoms with Crippen LogP contribution in [0.25, 0.3) is 0 Å². The zero-order chi connectivity index (χ0) is 15.7. The van der Waals surface area contributed by atoms with Gasteiger partial charge in [0.2, 0.25) is 5.95 Å². The number of rotatable bonds is 4. The maximum absolute atomic E-state index is 11.9. The number of ether oxygens (including phenoxy) is 1. The molecular formula is C13H18BN3O5. The Balaban J connectivity index is 1.69. The molecule has 0 spiro atoms. The number of aromatic nitrogens is 2. The van der Waals surface area contributed by atoms with Crippen LogP contribution in [-0.4, -0.2) is 53.5 Å². The van der Waals surface area contributed by atoms with Crippen LogP contribution in [0.1, 0.15) is 12.8 Å². The summed E-state index contributed by atoms with van der Waals surface area (Å²) in [5, 5.41) is 17.5. The number of nitrogens with zero attached hydrogens (tertiary/aromatic N) is 3. The van der Waals surface area contributed by atoms with E-state index in [1.807, 2.05) is 0 Å². The van der Waals surface area contributed by atoms with Gasteiger partial charge in [0, 0.05) is 13.1 Å². The van der Waals surface area contributed by atoms with Gasteiger partial charge in [0.1, 0.15) is 5.75 Å². The van der Waals surface area contributed by atoms with E-state index >= 15 is 0 Å². The van der Waals surface area contributed by atoms with E-state index in [0.29, 0.717) is 5.95 Å². The first-order valence-electron chi connectivity index (χ1n) is 7.26. The van der Waals surface area contributed by atoms with E-state index in [1.54, 1.807) is 0 Å². The topological polar surface area (TPSA) is 105 Å². The van der Waals surface area contributed by atoms with Gasteiger partial charge in [-0.2, -0.15) is 0 Å². The largest absolute Gasteiger partial charge is 0.707 e. The van der Waals surface area contributed by atoms with Crippen molar-refractivity contribution in [1.82, 2.24) is 9.97 Å². The van der Waals surface area contributed by atoms with Crippen molar-refractivity contribution in [3.05, 3.63) is 12.4 Å². The zero-order valence-electron chi connectivity index (χ0n) is 12.3. The standard InChI is InChI=1S/C13H18BN3O5/c1-21-12(18)11-8-2-3-9(11)7-17(6-8)13-15-4-10(5-16-13)22-14(19)20/h4-5,8-9,11,19-20H,2-3,6-7H2,1H3/t8-,9+,11?. The molecule has 1 saturated heterocycles. The molecule has 3 rings (SSSR count). The van der Waals surface area contributed by atoms with Crippen LogP contribution in [0.4, 0.5) is 5.95 Å². The number of hydrogen-bond donors (Lipinski definition) is 2. The first-order valence-corrected chi connectivity index (χ1v) is 7.26. The average molecular weight is 307 g/mol. The van der Waals surface area contributed by atoms with Gasteiger partial charge in [0.25, 0.3) is 0 Å². The summed E-state index contributed by atoms with van der Waals surface area (Å²) in [5.74, 6) is 1.14. The van der Waals surface area contributed by atoms with Crippen molar-refractivity contribution in [2.24, 2.45) is 17.8 Å². The third-order valence-electron chi connectivity index (χ3n) is 4.45. The van der Waals surface area contributed by atoms with Crippen LogP contribution in [0.15, 0.2) is 12.4 Å². The van der Waals surface area contributed by atoms with Gasteiger partial charge in [0.15, 0.2) is 0 Å². The highest BCUT2D eigenvalue weighted by atomic mass is 16.6. The highest BCUT2D eigenvalue weighted by molar-refractivity contribution is 6.33. The number of fused-ring (bicyclic) bond motifs is 2. The summed E-state index contributed by atoms with van der Waals surface area (Å²) in [6.07, 6.45) is 4.82.